The Morgan fingerprint density at radius 3 is 1.95 bits per heavy atom. The molecular formula is C17H28O2S. The maximum absolute atomic E-state index is 12.0. The largest absolute Gasteiger partial charge is 0.290 e. The van der Waals surface area contributed by atoms with Gasteiger partial charge in [0.15, 0.2) is 0 Å². The van der Waals surface area contributed by atoms with Crippen LogP contribution in [0, 0.1) is 5.92 Å². The van der Waals surface area contributed by atoms with Crippen LogP contribution in [0.3, 0.4) is 0 Å². The molecule has 2 fully saturated rings. The lowest BCUT2D eigenvalue weighted by molar-refractivity contribution is -0.131. The number of thioether (sulfide) groups is 1. The molecule has 0 spiro atoms. The van der Waals surface area contributed by atoms with E-state index >= 15 is 0 Å². The summed E-state index contributed by atoms with van der Waals surface area (Å²) in [4.78, 5) is 23.8. The van der Waals surface area contributed by atoms with E-state index in [1.165, 1.54) is 69.5 Å². The molecule has 1 saturated heterocycles. The minimum Gasteiger partial charge on any atom is -0.290 e. The smallest absolute Gasteiger partial charge is 0.255 e. The van der Waals surface area contributed by atoms with Crippen LogP contribution in [0.1, 0.15) is 83.5 Å². The summed E-state index contributed by atoms with van der Waals surface area (Å²) in [5.74, 6) is 0.526. The number of Topliss-reactive ketones (excluding diaryl/α,β-unsaturated/α-hetero) is 1. The number of hydrogen-bond acceptors (Lipinski definition) is 3. The molecule has 3 heteroatoms. The Kier molecular flexibility index (Phi) is 7.12. The molecule has 1 saturated carbocycles. The van der Waals surface area contributed by atoms with Crippen LogP contribution in [0.4, 0.5) is 0 Å². The molecule has 2 nitrogen and oxygen atoms in total. The van der Waals surface area contributed by atoms with E-state index in [-0.39, 0.29) is 10.9 Å². The van der Waals surface area contributed by atoms with E-state index in [9.17, 15) is 9.59 Å². The molecule has 1 unspecified atom stereocenters. The van der Waals surface area contributed by atoms with Gasteiger partial charge < -0.3 is 0 Å². The maximum atomic E-state index is 12.0. The Morgan fingerprint density at radius 2 is 1.25 bits per heavy atom. The average molecular weight is 296 g/mol. The van der Waals surface area contributed by atoms with Crippen molar-refractivity contribution in [3.8, 4) is 0 Å². The number of carbonyl (C=O) groups is 2. The molecule has 2 rings (SSSR count). The van der Waals surface area contributed by atoms with Crippen LogP contribution in [0.2, 0.25) is 0 Å². The molecule has 0 aromatic rings. The van der Waals surface area contributed by atoms with E-state index in [4.69, 9.17) is 0 Å². The fraction of sp³-hybridized carbons (Fsp3) is 0.882. The fourth-order valence-corrected chi connectivity index (χ4v) is 4.80. The second-order valence-electron chi connectivity index (χ2n) is 6.43. The summed E-state index contributed by atoms with van der Waals surface area (Å²) in [5.41, 5.74) is 0. The SMILES string of the molecule is O=C1CCCCCC(C2CCCCCCCC2)SC1=O. The zero-order valence-electron chi connectivity index (χ0n) is 12.6. The van der Waals surface area contributed by atoms with Crippen molar-refractivity contribution in [2.24, 2.45) is 5.92 Å². The maximum Gasteiger partial charge on any atom is 0.255 e. The molecule has 114 valence electrons. The molecule has 20 heavy (non-hydrogen) atoms. The van der Waals surface area contributed by atoms with Crippen LogP contribution in [0.5, 0.6) is 0 Å². The van der Waals surface area contributed by atoms with Crippen LogP contribution in [0.25, 0.3) is 0 Å². The molecule has 0 radical (unpaired) electrons. The van der Waals surface area contributed by atoms with Crippen LogP contribution in [-0.4, -0.2) is 16.1 Å². The highest BCUT2D eigenvalue weighted by Gasteiger charge is 2.28. The summed E-state index contributed by atoms with van der Waals surface area (Å²) in [7, 11) is 0. The molecule has 1 aliphatic carbocycles. The van der Waals surface area contributed by atoms with Gasteiger partial charge in [-0.3, -0.25) is 9.59 Å². The van der Waals surface area contributed by atoms with Crippen LogP contribution in [-0.2, 0) is 9.59 Å². The molecule has 0 aromatic carbocycles. The van der Waals surface area contributed by atoms with Gasteiger partial charge in [0.2, 0.25) is 5.78 Å². The second kappa shape index (κ2) is 8.86. The third-order valence-corrected chi connectivity index (χ3v) is 6.17. The van der Waals surface area contributed by atoms with Gasteiger partial charge >= 0.3 is 0 Å². The lowest BCUT2D eigenvalue weighted by Gasteiger charge is -2.25. The van der Waals surface area contributed by atoms with Gasteiger partial charge in [0.1, 0.15) is 0 Å². The highest BCUT2D eigenvalue weighted by Crippen LogP contribution is 2.35. The molecule has 2 aliphatic rings. The van der Waals surface area contributed by atoms with Crippen molar-refractivity contribution >= 4 is 22.7 Å². The number of rotatable bonds is 1. The Balaban J connectivity index is 1.97. The van der Waals surface area contributed by atoms with E-state index in [1.807, 2.05) is 0 Å². The Labute approximate surface area is 127 Å². The zero-order valence-corrected chi connectivity index (χ0v) is 13.4. The molecule has 1 atom stereocenters. The number of carbonyl (C=O) groups excluding carboxylic acids is 2. The van der Waals surface area contributed by atoms with Gasteiger partial charge in [0, 0.05) is 11.7 Å². The minimum absolute atomic E-state index is 0.134. The van der Waals surface area contributed by atoms with Crippen LogP contribution < -0.4 is 0 Å². The minimum atomic E-state index is -0.156. The Hall–Kier alpha value is -0.310. The Morgan fingerprint density at radius 1 is 0.700 bits per heavy atom. The van der Waals surface area contributed by atoms with Crippen molar-refractivity contribution in [3.05, 3.63) is 0 Å². The molecule has 1 aliphatic heterocycles. The number of ketones is 1. The molecule has 0 amide bonds. The summed E-state index contributed by atoms with van der Waals surface area (Å²) in [6.07, 6.45) is 15.4. The summed E-state index contributed by atoms with van der Waals surface area (Å²) >= 11 is 1.38. The van der Waals surface area contributed by atoms with Crippen molar-refractivity contribution in [1.29, 1.82) is 0 Å². The van der Waals surface area contributed by atoms with E-state index in [0.717, 1.165) is 19.3 Å². The predicted molar refractivity (Wildman–Crippen MR) is 84.9 cm³/mol. The quantitative estimate of drug-likeness (QED) is 0.645. The van der Waals surface area contributed by atoms with Gasteiger partial charge in [-0.25, -0.2) is 0 Å². The highest BCUT2D eigenvalue weighted by atomic mass is 32.2. The summed E-state index contributed by atoms with van der Waals surface area (Å²) in [6.45, 7) is 0. The lowest BCUT2D eigenvalue weighted by atomic mass is 9.90. The van der Waals surface area contributed by atoms with Crippen molar-refractivity contribution in [3.63, 3.8) is 0 Å². The summed E-state index contributed by atoms with van der Waals surface area (Å²) in [5, 5.41) is 0.249. The van der Waals surface area contributed by atoms with Gasteiger partial charge in [-0.2, -0.15) is 0 Å². The van der Waals surface area contributed by atoms with Gasteiger partial charge in [-0.15, -0.1) is 0 Å². The van der Waals surface area contributed by atoms with Gasteiger partial charge in [-0.1, -0.05) is 63.1 Å². The third kappa shape index (κ3) is 5.23. The zero-order chi connectivity index (χ0) is 14.2. The van der Waals surface area contributed by atoms with Crippen molar-refractivity contribution in [2.75, 3.05) is 0 Å². The molecule has 1 heterocycles. The number of hydrogen-bond donors (Lipinski definition) is 0. The van der Waals surface area contributed by atoms with Crippen LogP contribution >= 0.6 is 11.8 Å². The van der Waals surface area contributed by atoms with E-state index in [2.05, 4.69) is 0 Å². The van der Waals surface area contributed by atoms with Gasteiger partial charge in [0.25, 0.3) is 5.12 Å². The first kappa shape index (κ1) is 16.1. The third-order valence-electron chi connectivity index (χ3n) is 4.80. The first-order valence-electron chi connectivity index (χ1n) is 8.51. The van der Waals surface area contributed by atoms with Gasteiger partial charge in [-0.05, 0) is 31.6 Å². The topological polar surface area (TPSA) is 34.1 Å². The average Bonchev–Trinajstić information content (AvgIpc) is 2.62. The molecule has 0 N–H and O–H groups in total. The first-order valence-corrected chi connectivity index (χ1v) is 9.39. The fourth-order valence-electron chi connectivity index (χ4n) is 3.54. The second-order valence-corrected chi connectivity index (χ2v) is 7.64. The molecular weight excluding hydrogens is 268 g/mol. The van der Waals surface area contributed by atoms with Crippen molar-refractivity contribution in [1.82, 2.24) is 0 Å². The van der Waals surface area contributed by atoms with Gasteiger partial charge in [0.05, 0.1) is 0 Å². The molecule has 0 aromatic heterocycles. The van der Waals surface area contributed by atoms with E-state index in [1.54, 1.807) is 0 Å². The standard InChI is InChI=1S/C17H28O2S/c18-15-12-8-5-9-13-16(20-17(15)19)14-10-6-3-1-2-4-7-11-14/h14,16H,1-13H2. The lowest BCUT2D eigenvalue weighted by Crippen LogP contribution is -2.21. The monoisotopic (exact) mass is 296 g/mol. The van der Waals surface area contributed by atoms with E-state index < -0.39 is 0 Å². The van der Waals surface area contributed by atoms with Crippen LogP contribution in [0.15, 0.2) is 0 Å². The summed E-state index contributed by atoms with van der Waals surface area (Å²) in [6, 6.07) is 0. The van der Waals surface area contributed by atoms with E-state index in [0.29, 0.717) is 17.6 Å². The van der Waals surface area contributed by atoms with Crippen molar-refractivity contribution in [2.45, 2.75) is 88.7 Å². The summed E-state index contributed by atoms with van der Waals surface area (Å²) < 4.78 is 0. The first-order chi connectivity index (χ1) is 9.77. The predicted octanol–water partition coefficient (Wildman–Crippen LogP) is 4.90. The highest BCUT2D eigenvalue weighted by molar-refractivity contribution is 8.15. The Bertz CT molecular complexity index is 317. The molecule has 0 bridgehead atoms. The van der Waals surface area contributed by atoms with Crippen molar-refractivity contribution < 1.29 is 9.59 Å². The normalized spacial score (nSPS) is 28.7.